The van der Waals surface area contributed by atoms with Crippen molar-refractivity contribution in [1.82, 2.24) is 9.80 Å². The van der Waals surface area contributed by atoms with Gasteiger partial charge in [-0.3, -0.25) is 4.79 Å². The van der Waals surface area contributed by atoms with E-state index < -0.39 is 12.4 Å². The number of nitrogens with one attached hydrogen (secondary N) is 1. The third-order valence-electron chi connectivity index (χ3n) is 6.98. The SMILES string of the molecule is CN(Cc1ccc(C(=O)N2CC3(C)CC2CC(C)(C)C3)cc1)C(=O)Nc1ccc(OC(F)(F)F)cc1. The zero-order valence-corrected chi connectivity index (χ0v) is 21.0. The summed E-state index contributed by atoms with van der Waals surface area (Å²) in [4.78, 5) is 29.3. The Morgan fingerprint density at radius 2 is 1.69 bits per heavy atom. The zero-order chi connectivity index (χ0) is 26.3. The normalized spacial score (nSPS) is 22.8. The van der Waals surface area contributed by atoms with Gasteiger partial charge in [0.15, 0.2) is 0 Å². The average molecular weight is 504 g/mol. The lowest BCUT2D eigenvalue weighted by Gasteiger charge is -2.39. The number of halogens is 3. The van der Waals surface area contributed by atoms with Crippen molar-refractivity contribution < 1.29 is 27.5 Å². The summed E-state index contributed by atoms with van der Waals surface area (Å²) in [6, 6.07) is 12.1. The molecule has 0 aromatic heterocycles. The molecule has 1 aliphatic carbocycles. The standard InChI is InChI=1S/C27H32F3N3O3/c1-25(2)13-21-14-26(3,16-25)17-33(21)23(34)19-7-5-18(6-8-19)15-32(4)24(35)31-20-9-11-22(12-10-20)36-27(28,29)30/h5-12,21H,13-17H2,1-4H3,(H,31,35). The minimum Gasteiger partial charge on any atom is -0.406 e. The fraction of sp³-hybridized carbons (Fsp3) is 0.481. The molecule has 3 amide bonds. The van der Waals surface area contributed by atoms with Crippen molar-refractivity contribution in [3.8, 4) is 5.75 Å². The van der Waals surface area contributed by atoms with Gasteiger partial charge in [-0.25, -0.2) is 4.79 Å². The van der Waals surface area contributed by atoms with E-state index in [2.05, 4.69) is 30.8 Å². The predicted molar refractivity (Wildman–Crippen MR) is 131 cm³/mol. The fourth-order valence-electron chi connectivity index (χ4n) is 5.92. The number of urea groups is 1. The molecule has 2 unspecified atom stereocenters. The van der Waals surface area contributed by atoms with Gasteiger partial charge in [-0.2, -0.15) is 0 Å². The van der Waals surface area contributed by atoms with Gasteiger partial charge in [-0.1, -0.05) is 32.9 Å². The van der Waals surface area contributed by atoms with Crippen molar-refractivity contribution in [2.75, 3.05) is 18.9 Å². The van der Waals surface area contributed by atoms with Crippen LogP contribution in [0.2, 0.25) is 0 Å². The van der Waals surface area contributed by atoms with E-state index in [0.717, 1.165) is 43.5 Å². The summed E-state index contributed by atoms with van der Waals surface area (Å²) in [5.41, 5.74) is 2.24. The van der Waals surface area contributed by atoms with Crippen LogP contribution >= 0.6 is 0 Å². The second kappa shape index (κ2) is 9.33. The lowest BCUT2D eigenvalue weighted by molar-refractivity contribution is -0.274. The number of rotatable bonds is 5. The number of ether oxygens (including phenoxy) is 1. The van der Waals surface area contributed by atoms with E-state index in [-0.39, 0.29) is 28.5 Å². The predicted octanol–water partition coefficient (Wildman–Crippen LogP) is 6.29. The van der Waals surface area contributed by atoms with E-state index in [0.29, 0.717) is 17.8 Å². The molecule has 0 radical (unpaired) electrons. The summed E-state index contributed by atoms with van der Waals surface area (Å²) < 4.78 is 40.7. The van der Waals surface area contributed by atoms with Gasteiger partial charge in [0.05, 0.1) is 0 Å². The smallest absolute Gasteiger partial charge is 0.406 e. The summed E-state index contributed by atoms with van der Waals surface area (Å²) in [5, 5.41) is 2.64. The van der Waals surface area contributed by atoms with Gasteiger partial charge in [0.2, 0.25) is 0 Å². The van der Waals surface area contributed by atoms with E-state index in [1.165, 1.54) is 17.0 Å². The number of likely N-dealkylation sites (tertiary alicyclic amines) is 1. The summed E-state index contributed by atoms with van der Waals surface area (Å²) >= 11 is 0. The summed E-state index contributed by atoms with van der Waals surface area (Å²) in [7, 11) is 1.61. The molecule has 1 saturated heterocycles. The monoisotopic (exact) mass is 503 g/mol. The first-order chi connectivity index (χ1) is 16.7. The van der Waals surface area contributed by atoms with Crippen LogP contribution in [0.1, 0.15) is 56.0 Å². The maximum Gasteiger partial charge on any atom is 0.573 e. The molecule has 2 aromatic carbocycles. The van der Waals surface area contributed by atoms with Gasteiger partial charge in [-0.05, 0) is 72.1 Å². The van der Waals surface area contributed by atoms with E-state index in [1.54, 1.807) is 19.2 Å². The third-order valence-corrected chi connectivity index (χ3v) is 6.98. The van der Waals surface area contributed by atoms with Crippen molar-refractivity contribution in [3.05, 3.63) is 59.7 Å². The molecule has 1 saturated carbocycles. The number of amides is 3. The fourth-order valence-corrected chi connectivity index (χ4v) is 5.92. The molecule has 6 nitrogen and oxygen atoms in total. The Hall–Kier alpha value is -3.23. The minimum atomic E-state index is -4.77. The van der Waals surface area contributed by atoms with Crippen molar-refractivity contribution in [3.63, 3.8) is 0 Å². The largest absolute Gasteiger partial charge is 0.573 e. The van der Waals surface area contributed by atoms with Crippen molar-refractivity contribution in [1.29, 1.82) is 0 Å². The molecule has 2 aliphatic rings. The second-order valence-electron chi connectivity index (χ2n) is 11.2. The second-order valence-corrected chi connectivity index (χ2v) is 11.2. The maximum atomic E-state index is 13.3. The number of carbonyl (C=O) groups is 2. The Morgan fingerprint density at radius 3 is 2.31 bits per heavy atom. The van der Waals surface area contributed by atoms with E-state index in [9.17, 15) is 22.8 Å². The van der Waals surface area contributed by atoms with Crippen molar-refractivity contribution in [2.24, 2.45) is 10.8 Å². The Balaban J connectivity index is 1.33. The third kappa shape index (κ3) is 6.12. The molecular formula is C27H32F3N3O3. The lowest BCUT2D eigenvalue weighted by Crippen LogP contribution is -2.37. The Labute approximate surface area is 209 Å². The molecule has 1 N–H and O–H groups in total. The molecule has 2 aromatic rings. The average Bonchev–Trinajstić information content (AvgIpc) is 3.02. The number of nitrogens with zero attached hydrogens (tertiary/aromatic N) is 2. The summed E-state index contributed by atoms with van der Waals surface area (Å²) in [6.45, 7) is 7.93. The number of benzene rings is 2. The summed E-state index contributed by atoms with van der Waals surface area (Å²) in [6.07, 6.45) is -1.57. The highest BCUT2D eigenvalue weighted by atomic mass is 19.4. The van der Waals surface area contributed by atoms with Crippen LogP contribution in [0, 0.1) is 10.8 Å². The van der Waals surface area contributed by atoms with Crippen LogP contribution in [-0.4, -0.2) is 47.7 Å². The first kappa shape index (κ1) is 25.9. The number of hydrogen-bond donors (Lipinski definition) is 1. The Morgan fingerprint density at radius 1 is 1.06 bits per heavy atom. The highest BCUT2D eigenvalue weighted by Gasteiger charge is 2.51. The topological polar surface area (TPSA) is 61.9 Å². The van der Waals surface area contributed by atoms with Crippen LogP contribution in [-0.2, 0) is 6.54 Å². The molecule has 4 rings (SSSR count). The van der Waals surface area contributed by atoms with Gasteiger partial charge < -0.3 is 19.9 Å². The molecule has 2 bridgehead atoms. The molecule has 2 atom stereocenters. The van der Waals surface area contributed by atoms with Crippen molar-refractivity contribution >= 4 is 17.6 Å². The molecule has 2 fully saturated rings. The molecule has 0 spiro atoms. The Bertz CT molecular complexity index is 1120. The van der Waals surface area contributed by atoms with Crippen LogP contribution in [0.25, 0.3) is 0 Å². The molecule has 1 aliphatic heterocycles. The van der Waals surface area contributed by atoms with E-state index in [1.807, 2.05) is 17.0 Å². The van der Waals surface area contributed by atoms with Crippen LogP contribution < -0.4 is 10.1 Å². The van der Waals surface area contributed by atoms with E-state index in [4.69, 9.17) is 0 Å². The summed E-state index contributed by atoms with van der Waals surface area (Å²) in [5.74, 6) is -0.310. The van der Waals surface area contributed by atoms with E-state index >= 15 is 0 Å². The maximum absolute atomic E-state index is 13.3. The highest BCUT2D eigenvalue weighted by Crippen LogP contribution is 2.52. The van der Waals surface area contributed by atoms with Gasteiger partial charge in [-0.15, -0.1) is 13.2 Å². The first-order valence-electron chi connectivity index (χ1n) is 12.0. The number of anilines is 1. The van der Waals surface area contributed by atoms with Gasteiger partial charge in [0, 0.05) is 37.4 Å². The number of hydrogen-bond acceptors (Lipinski definition) is 3. The van der Waals surface area contributed by atoms with Crippen LogP contribution in [0.4, 0.5) is 23.7 Å². The van der Waals surface area contributed by atoms with Crippen LogP contribution in [0.15, 0.2) is 48.5 Å². The van der Waals surface area contributed by atoms with Crippen LogP contribution in [0.5, 0.6) is 5.75 Å². The zero-order valence-electron chi connectivity index (χ0n) is 21.0. The Kier molecular flexibility index (Phi) is 6.70. The lowest BCUT2D eigenvalue weighted by atomic mass is 9.65. The first-order valence-corrected chi connectivity index (χ1v) is 12.0. The molecule has 9 heteroatoms. The number of carbonyl (C=O) groups excluding carboxylic acids is 2. The quantitative estimate of drug-likeness (QED) is 0.522. The van der Waals surface area contributed by atoms with Gasteiger partial charge >= 0.3 is 12.4 Å². The molecule has 194 valence electrons. The van der Waals surface area contributed by atoms with Gasteiger partial charge in [0.1, 0.15) is 5.75 Å². The molecule has 36 heavy (non-hydrogen) atoms. The highest BCUT2D eigenvalue weighted by molar-refractivity contribution is 5.95. The number of alkyl halides is 3. The minimum absolute atomic E-state index is 0.0528. The number of fused-ring (bicyclic) bond motifs is 2. The molecule has 1 heterocycles. The van der Waals surface area contributed by atoms with Crippen molar-refractivity contribution in [2.45, 2.75) is 59.0 Å². The van der Waals surface area contributed by atoms with Gasteiger partial charge in [0.25, 0.3) is 5.91 Å². The molecular weight excluding hydrogens is 471 g/mol. The van der Waals surface area contributed by atoms with Crippen LogP contribution in [0.3, 0.4) is 0 Å².